The number of hydrogen-bond acceptors (Lipinski definition) is 3. The van der Waals surface area contributed by atoms with E-state index in [2.05, 4.69) is 21.0 Å². The highest BCUT2D eigenvalue weighted by Gasteiger charge is 2.14. The highest BCUT2D eigenvalue weighted by Crippen LogP contribution is 2.16. The van der Waals surface area contributed by atoms with Crippen molar-refractivity contribution in [1.82, 2.24) is 9.78 Å². The van der Waals surface area contributed by atoms with Crippen LogP contribution in [0.15, 0.2) is 10.7 Å². The van der Waals surface area contributed by atoms with Crippen molar-refractivity contribution in [2.24, 2.45) is 0 Å². The second-order valence-corrected chi connectivity index (χ2v) is 2.71. The van der Waals surface area contributed by atoms with Gasteiger partial charge in [-0.05, 0) is 27.8 Å². The van der Waals surface area contributed by atoms with Crippen LogP contribution in [0, 0.1) is 10.1 Å². The molecule has 0 saturated heterocycles. The van der Waals surface area contributed by atoms with Gasteiger partial charge >= 0.3 is 5.82 Å². The van der Waals surface area contributed by atoms with E-state index in [0.717, 1.165) is 0 Å². The molecule has 0 fully saturated rings. The molecule has 5 nitrogen and oxygen atoms in total. The molecule has 60 valence electrons. The van der Waals surface area contributed by atoms with Crippen LogP contribution < -0.4 is 0 Å². The molecule has 11 heavy (non-hydrogen) atoms. The molecule has 6 heteroatoms. The first-order valence-electron chi connectivity index (χ1n) is 3.03. The van der Waals surface area contributed by atoms with E-state index >= 15 is 0 Å². The van der Waals surface area contributed by atoms with Crippen LogP contribution in [0.5, 0.6) is 0 Å². The second-order valence-electron chi connectivity index (χ2n) is 1.90. The fraction of sp³-hybridized carbons (Fsp3) is 0.400. The van der Waals surface area contributed by atoms with E-state index in [1.54, 1.807) is 6.92 Å². The Labute approximate surface area is 71.3 Å². The molecule has 0 bridgehead atoms. The molecule has 0 aliphatic carbocycles. The van der Waals surface area contributed by atoms with Crippen LogP contribution in [0.4, 0.5) is 5.82 Å². The summed E-state index contributed by atoms with van der Waals surface area (Å²) in [6.07, 6.45) is 0. The topological polar surface area (TPSA) is 61.0 Å². The third-order valence-electron chi connectivity index (χ3n) is 1.22. The Kier molecular flexibility index (Phi) is 2.23. The van der Waals surface area contributed by atoms with E-state index in [0.29, 0.717) is 11.1 Å². The molecular weight excluding hydrogens is 214 g/mol. The summed E-state index contributed by atoms with van der Waals surface area (Å²) in [6.45, 7) is 2.30. The third kappa shape index (κ3) is 1.56. The molecule has 0 aliphatic heterocycles. The third-order valence-corrected chi connectivity index (χ3v) is 1.60. The Morgan fingerprint density at radius 1 is 1.91 bits per heavy atom. The van der Waals surface area contributed by atoms with Crippen molar-refractivity contribution in [1.29, 1.82) is 0 Å². The summed E-state index contributed by atoms with van der Waals surface area (Å²) in [4.78, 5) is 9.86. The predicted octanol–water partition coefficient (Wildman–Crippen LogP) is 1.57. The van der Waals surface area contributed by atoms with Gasteiger partial charge in [-0.2, -0.15) is 0 Å². The quantitative estimate of drug-likeness (QED) is 0.561. The fourth-order valence-corrected chi connectivity index (χ4v) is 1.15. The molecule has 0 unspecified atom stereocenters. The van der Waals surface area contributed by atoms with Crippen molar-refractivity contribution < 1.29 is 4.92 Å². The standard InChI is InChI=1S/C5H6BrN3O2/c1-2-8-5(9(10)11)3-4(6)7-8/h3H,2H2,1H3. The summed E-state index contributed by atoms with van der Waals surface area (Å²) in [7, 11) is 0. The van der Waals surface area contributed by atoms with Crippen LogP contribution in [0.1, 0.15) is 6.92 Å². The molecule has 0 spiro atoms. The minimum absolute atomic E-state index is 0.0133. The molecule has 1 rings (SSSR count). The first-order valence-corrected chi connectivity index (χ1v) is 3.82. The van der Waals surface area contributed by atoms with Gasteiger partial charge in [0.25, 0.3) is 0 Å². The Bertz CT molecular complexity index is 283. The molecule has 0 aromatic carbocycles. The normalized spacial score (nSPS) is 10.0. The van der Waals surface area contributed by atoms with Crippen molar-refractivity contribution in [3.63, 3.8) is 0 Å². The lowest BCUT2D eigenvalue weighted by Gasteiger charge is -1.92. The van der Waals surface area contributed by atoms with Crippen LogP contribution in [0.3, 0.4) is 0 Å². The lowest BCUT2D eigenvalue weighted by atomic mass is 10.6. The molecule has 1 heterocycles. The van der Waals surface area contributed by atoms with Crippen molar-refractivity contribution in [3.8, 4) is 0 Å². The maximum atomic E-state index is 10.3. The van der Waals surface area contributed by atoms with Gasteiger partial charge < -0.3 is 10.1 Å². The van der Waals surface area contributed by atoms with Crippen molar-refractivity contribution >= 4 is 21.7 Å². The van der Waals surface area contributed by atoms with Gasteiger partial charge in [0, 0.05) is 0 Å². The largest absolute Gasteiger partial charge is 0.358 e. The molecule has 0 atom stereocenters. The van der Waals surface area contributed by atoms with Gasteiger partial charge in [-0.15, -0.1) is 4.68 Å². The summed E-state index contributed by atoms with van der Waals surface area (Å²) >= 11 is 3.06. The Balaban J connectivity index is 3.12. The minimum Gasteiger partial charge on any atom is -0.358 e. The van der Waals surface area contributed by atoms with E-state index in [4.69, 9.17) is 0 Å². The highest BCUT2D eigenvalue weighted by molar-refractivity contribution is 9.10. The smallest absolute Gasteiger partial charge is 0.346 e. The SMILES string of the molecule is CCn1nc(Br)cc1[N+](=O)[O-]. The van der Waals surface area contributed by atoms with E-state index in [-0.39, 0.29) is 5.82 Å². The van der Waals surface area contributed by atoms with Gasteiger partial charge in [0.2, 0.25) is 0 Å². The number of nitrogens with zero attached hydrogens (tertiary/aromatic N) is 3. The number of hydrogen-bond donors (Lipinski definition) is 0. The van der Waals surface area contributed by atoms with E-state index < -0.39 is 4.92 Å². The van der Waals surface area contributed by atoms with Gasteiger partial charge in [-0.25, -0.2) is 0 Å². The van der Waals surface area contributed by atoms with E-state index in [1.807, 2.05) is 0 Å². The second kappa shape index (κ2) is 3.00. The average molecular weight is 220 g/mol. The van der Waals surface area contributed by atoms with Gasteiger partial charge in [0.15, 0.2) is 4.60 Å². The Hall–Kier alpha value is -0.910. The molecule has 1 aromatic heterocycles. The maximum absolute atomic E-state index is 10.3. The highest BCUT2D eigenvalue weighted by atomic mass is 79.9. The molecule has 0 saturated carbocycles. The fourth-order valence-electron chi connectivity index (χ4n) is 0.756. The summed E-state index contributed by atoms with van der Waals surface area (Å²) < 4.78 is 1.82. The monoisotopic (exact) mass is 219 g/mol. The summed E-state index contributed by atoms with van der Waals surface area (Å²) in [5.74, 6) is 0.0133. The van der Waals surface area contributed by atoms with Crippen molar-refractivity contribution in [2.45, 2.75) is 13.5 Å². The molecule has 1 aromatic rings. The predicted molar refractivity (Wildman–Crippen MR) is 42.3 cm³/mol. The summed E-state index contributed by atoms with van der Waals surface area (Å²) in [6, 6.07) is 1.38. The zero-order valence-electron chi connectivity index (χ0n) is 5.82. The zero-order valence-corrected chi connectivity index (χ0v) is 7.41. The molecule has 0 radical (unpaired) electrons. The van der Waals surface area contributed by atoms with Gasteiger partial charge in [-0.3, -0.25) is 0 Å². The Morgan fingerprint density at radius 3 is 2.91 bits per heavy atom. The number of halogens is 1. The first kappa shape index (κ1) is 8.19. The molecule has 0 aliphatic rings. The van der Waals surface area contributed by atoms with Crippen LogP contribution in [0.2, 0.25) is 0 Å². The average Bonchev–Trinajstić information content (AvgIpc) is 2.30. The molecular formula is C5H6BrN3O2. The molecule has 0 N–H and O–H groups in total. The van der Waals surface area contributed by atoms with Gasteiger partial charge in [-0.1, -0.05) is 5.10 Å². The van der Waals surface area contributed by atoms with Crippen LogP contribution >= 0.6 is 15.9 Å². The minimum atomic E-state index is -0.457. The summed E-state index contributed by atoms with van der Waals surface area (Å²) in [5.41, 5.74) is 0. The first-order chi connectivity index (χ1) is 5.15. The van der Waals surface area contributed by atoms with E-state index in [9.17, 15) is 10.1 Å². The van der Waals surface area contributed by atoms with Gasteiger partial charge in [0.1, 0.15) is 6.54 Å². The number of nitro groups is 1. The zero-order chi connectivity index (χ0) is 8.43. The summed E-state index contributed by atoms with van der Waals surface area (Å²) in [5, 5.41) is 14.2. The lowest BCUT2D eigenvalue weighted by molar-refractivity contribution is -0.392. The van der Waals surface area contributed by atoms with E-state index in [1.165, 1.54) is 10.7 Å². The van der Waals surface area contributed by atoms with Crippen molar-refractivity contribution in [2.75, 3.05) is 0 Å². The maximum Gasteiger partial charge on any atom is 0.346 e. The Morgan fingerprint density at radius 2 is 2.55 bits per heavy atom. The lowest BCUT2D eigenvalue weighted by Crippen LogP contribution is -2.01. The van der Waals surface area contributed by atoms with Crippen LogP contribution in [-0.4, -0.2) is 14.7 Å². The number of rotatable bonds is 2. The number of aromatic nitrogens is 2. The van der Waals surface area contributed by atoms with Gasteiger partial charge in [0.05, 0.1) is 6.07 Å². The van der Waals surface area contributed by atoms with Crippen molar-refractivity contribution in [3.05, 3.63) is 20.8 Å². The number of aryl methyl sites for hydroxylation is 1. The molecule has 0 amide bonds. The van der Waals surface area contributed by atoms with Crippen LogP contribution in [0.25, 0.3) is 0 Å². The van der Waals surface area contributed by atoms with Crippen LogP contribution in [-0.2, 0) is 6.54 Å².